The summed E-state index contributed by atoms with van der Waals surface area (Å²) in [5, 5.41) is 2.95. The summed E-state index contributed by atoms with van der Waals surface area (Å²) in [5.74, 6) is -0.611. The summed E-state index contributed by atoms with van der Waals surface area (Å²) in [6.45, 7) is 0. The van der Waals surface area contributed by atoms with Crippen LogP contribution in [0.1, 0.15) is 15.9 Å². The van der Waals surface area contributed by atoms with Gasteiger partial charge in [0.25, 0.3) is 5.91 Å². The molecule has 1 N–H and O–H groups in total. The predicted molar refractivity (Wildman–Crippen MR) is 87.3 cm³/mol. The molecule has 24 heavy (non-hydrogen) atoms. The maximum Gasteiger partial charge on any atom is 0.418 e. The van der Waals surface area contributed by atoms with Gasteiger partial charge in [-0.1, -0.05) is 29.8 Å². The van der Waals surface area contributed by atoms with Crippen molar-refractivity contribution >= 4 is 34.1 Å². The smallest absolute Gasteiger partial charge is 0.350 e. The number of amides is 1. The minimum absolute atomic E-state index is 0.0505. The van der Waals surface area contributed by atoms with Crippen molar-refractivity contribution in [2.24, 2.45) is 7.05 Å². The molecule has 124 valence electrons. The van der Waals surface area contributed by atoms with Crippen LogP contribution in [0.3, 0.4) is 0 Å². The molecule has 2 aromatic carbocycles. The van der Waals surface area contributed by atoms with Gasteiger partial charge in [-0.3, -0.25) is 4.79 Å². The zero-order valence-electron chi connectivity index (χ0n) is 12.5. The van der Waals surface area contributed by atoms with Gasteiger partial charge in [0.15, 0.2) is 0 Å². The Morgan fingerprint density at radius 3 is 2.58 bits per heavy atom. The summed E-state index contributed by atoms with van der Waals surface area (Å²) in [4.78, 5) is 12.5. The molecule has 0 aliphatic rings. The number of fused-ring (bicyclic) bond motifs is 1. The number of hydrogen-bond donors (Lipinski definition) is 1. The summed E-state index contributed by atoms with van der Waals surface area (Å²) < 4.78 is 41.1. The summed E-state index contributed by atoms with van der Waals surface area (Å²) in [5.41, 5.74) is -0.195. The van der Waals surface area contributed by atoms with E-state index in [1.807, 2.05) is 12.1 Å². The highest BCUT2D eigenvalue weighted by Crippen LogP contribution is 2.36. The highest BCUT2D eigenvalue weighted by atomic mass is 35.5. The highest BCUT2D eigenvalue weighted by molar-refractivity contribution is 6.30. The molecule has 1 amide bonds. The van der Waals surface area contributed by atoms with Gasteiger partial charge in [0, 0.05) is 29.2 Å². The number of carbonyl (C=O) groups is 1. The molecule has 0 saturated heterocycles. The third-order valence-corrected chi connectivity index (χ3v) is 3.91. The van der Waals surface area contributed by atoms with Crippen LogP contribution in [0.5, 0.6) is 0 Å². The molecule has 0 atom stereocenters. The average Bonchev–Trinajstić information content (AvgIpc) is 2.86. The number of aromatic nitrogens is 1. The molecule has 1 aromatic heterocycles. The van der Waals surface area contributed by atoms with E-state index in [9.17, 15) is 18.0 Å². The van der Waals surface area contributed by atoms with Crippen molar-refractivity contribution in [3.63, 3.8) is 0 Å². The lowest BCUT2D eigenvalue weighted by molar-refractivity contribution is -0.136. The zero-order valence-corrected chi connectivity index (χ0v) is 13.2. The van der Waals surface area contributed by atoms with Crippen molar-refractivity contribution in [1.82, 2.24) is 4.57 Å². The van der Waals surface area contributed by atoms with Crippen molar-refractivity contribution in [3.8, 4) is 0 Å². The third kappa shape index (κ3) is 2.97. The molecule has 0 aliphatic heterocycles. The van der Waals surface area contributed by atoms with Crippen LogP contribution in [0.4, 0.5) is 18.9 Å². The number of halogens is 4. The summed E-state index contributed by atoms with van der Waals surface area (Å²) in [6.07, 6.45) is -3.03. The summed E-state index contributed by atoms with van der Waals surface area (Å²) in [7, 11) is 1.77. The van der Waals surface area contributed by atoms with E-state index in [4.69, 9.17) is 11.6 Å². The van der Waals surface area contributed by atoms with Crippen LogP contribution in [0, 0.1) is 0 Å². The van der Waals surface area contributed by atoms with E-state index in [1.54, 1.807) is 29.9 Å². The number of rotatable bonds is 2. The Labute approximate surface area is 140 Å². The molecule has 0 aliphatic carbocycles. The minimum Gasteiger partial charge on any atom is -0.350 e. The predicted octanol–water partition coefficient (Wildman–Crippen LogP) is 5.10. The van der Waals surface area contributed by atoms with Crippen LogP contribution >= 0.6 is 11.6 Å². The van der Waals surface area contributed by atoms with E-state index < -0.39 is 17.6 Å². The van der Waals surface area contributed by atoms with Gasteiger partial charge in [0.2, 0.25) is 0 Å². The first-order chi connectivity index (χ1) is 11.3. The number of para-hydroxylation sites is 1. The summed E-state index contributed by atoms with van der Waals surface area (Å²) >= 11 is 5.64. The van der Waals surface area contributed by atoms with E-state index >= 15 is 0 Å². The van der Waals surface area contributed by atoms with Crippen molar-refractivity contribution < 1.29 is 18.0 Å². The van der Waals surface area contributed by atoms with Gasteiger partial charge in [-0.25, -0.2) is 0 Å². The van der Waals surface area contributed by atoms with E-state index in [-0.39, 0.29) is 10.7 Å². The molecule has 7 heteroatoms. The standard InChI is InChI=1S/C17H12ClF3N2O/c1-23-9-12(11-4-2-3-5-15(11)23)16(24)22-14-7-6-10(18)8-13(14)17(19,20)21/h2-9H,1H3,(H,22,24). The largest absolute Gasteiger partial charge is 0.418 e. The molecule has 3 aromatic rings. The van der Waals surface area contributed by atoms with Crippen LogP contribution in [-0.2, 0) is 13.2 Å². The van der Waals surface area contributed by atoms with Gasteiger partial charge in [-0.15, -0.1) is 0 Å². The first kappa shape index (κ1) is 16.4. The van der Waals surface area contributed by atoms with Gasteiger partial charge >= 0.3 is 6.18 Å². The summed E-state index contributed by atoms with van der Waals surface area (Å²) in [6, 6.07) is 10.4. The van der Waals surface area contributed by atoms with Crippen LogP contribution in [0.15, 0.2) is 48.7 Å². The molecule has 0 bridgehead atoms. The molecule has 0 unspecified atom stereocenters. The van der Waals surface area contributed by atoms with Crippen LogP contribution < -0.4 is 5.32 Å². The lowest BCUT2D eigenvalue weighted by Crippen LogP contribution is -2.16. The van der Waals surface area contributed by atoms with Crippen molar-refractivity contribution in [3.05, 3.63) is 64.8 Å². The van der Waals surface area contributed by atoms with Crippen LogP contribution in [0.25, 0.3) is 10.9 Å². The topological polar surface area (TPSA) is 34.0 Å². The van der Waals surface area contributed by atoms with Crippen molar-refractivity contribution in [2.75, 3.05) is 5.32 Å². The monoisotopic (exact) mass is 352 g/mol. The second-order valence-corrected chi connectivity index (χ2v) is 5.75. The molecule has 0 fully saturated rings. The molecular formula is C17H12ClF3N2O. The lowest BCUT2D eigenvalue weighted by atomic mass is 10.1. The number of alkyl halides is 3. The Bertz CT molecular complexity index is 931. The molecule has 1 heterocycles. The Morgan fingerprint density at radius 1 is 1.17 bits per heavy atom. The van der Waals surface area contributed by atoms with Gasteiger partial charge in [-0.05, 0) is 24.3 Å². The van der Waals surface area contributed by atoms with Gasteiger partial charge in [-0.2, -0.15) is 13.2 Å². The normalized spacial score (nSPS) is 11.7. The first-order valence-electron chi connectivity index (χ1n) is 6.99. The van der Waals surface area contributed by atoms with Crippen LogP contribution in [0.2, 0.25) is 5.02 Å². The fourth-order valence-corrected chi connectivity index (χ4v) is 2.74. The second-order valence-electron chi connectivity index (χ2n) is 5.31. The fourth-order valence-electron chi connectivity index (χ4n) is 2.57. The SMILES string of the molecule is Cn1cc(C(=O)Nc2ccc(Cl)cc2C(F)(F)F)c2ccccc21. The Kier molecular flexibility index (Phi) is 4.01. The highest BCUT2D eigenvalue weighted by Gasteiger charge is 2.34. The Hall–Kier alpha value is -2.47. The molecule has 0 radical (unpaired) electrons. The van der Waals surface area contributed by atoms with Gasteiger partial charge < -0.3 is 9.88 Å². The number of hydrogen-bond acceptors (Lipinski definition) is 1. The Balaban J connectivity index is 2.01. The second kappa shape index (κ2) is 5.87. The number of nitrogens with zero attached hydrogens (tertiary/aromatic N) is 1. The minimum atomic E-state index is -4.62. The lowest BCUT2D eigenvalue weighted by Gasteiger charge is -2.14. The van der Waals surface area contributed by atoms with Crippen LogP contribution in [-0.4, -0.2) is 10.5 Å². The van der Waals surface area contributed by atoms with E-state index in [1.165, 1.54) is 6.07 Å². The number of aryl methyl sites for hydroxylation is 1. The average molecular weight is 353 g/mol. The third-order valence-electron chi connectivity index (χ3n) is 3.68. The van der Waals surface area contributed by atoms with E-state index in [2.05, 4.69) is 5.32 Å². The molecule has 3 nitrogen and oxygen atoms in total. The van der Waals surface area contributed by atoms with Gasteiger partial charge in [0.1, 0.15) is 0 Å². The number of nitrogens with one attached hydrogen (secondary N) is 1. The number of anilines is 1. The maximum absolute atomic E-state index is 13.1. The van der Waals surface area contributed by atoms with Crippen molar-refractivity contribution in [2.45, 2.75) is 6.18 Å². The zero-order chi connectivity index (χ0) is 17.5. The molecule has 0 spiro atoms. The number of benzene rings is 2. The van der Waals surface area contributed by atoms with E-state index in [0.29, 0.717) is 10.9 Å². The molecule has 0 saturated carbocycles. The number of carbonyl (C=O) groups excluding carboxylic acids is 1. The molecule has 3 rings (SSSR count). The van der Waals surface area contributed by atoms with E-state index in [0.717, 1.165) is 17.6 Å². The van der Waals surface area contributed by atoms with Gasteiger partial charge in [0.05, 0.1) is 16.8 Å². The molecular weight excluding hydrogens is 341 g/mol. The maximum atomic E-state index is 13.1. The Morgan fingerprint density at radius 2 is 1.88 bits per heavy atom. The fraction of sp³-hybridized carbons (Fsp3) is 0.118. The first-order valence-corrected chi connectivity index (χ1v) is 7.37. The quantitative estimate of drug-likeness (QED) is 0.683. The van der Waals surface area contributed by atoms with Crippen molar-refractivity contribution in [1.29, 1.82) is 0 Å².